The van der Waals surface area contributed by atoms with Gasteiger partial charge in [-0.05, 0) is 23.6 Å². The number of carboxylic acid groups (broad SMARTS) is 1. The minimum Gasteiger partial charge on any atom is -0.481 e. The van der Waals surface area contributed by atoms with Gasteiger partial charge in [0.25, 0.3) is 0 Å². The van der Waals surface area contributed by atoms with E-state index in [0.717, 1.165) is 11.2 Å². The van der Waals surface area contributed by atoms with Gasteiger partial charge in [0.2, 0.25) is 0 Å². The van der Waals surface area contributed by atoms with Crippen molar-refractivity contribution >= 4 is 23.2 Å². The Morgan fingerprint density at radius 1 is 1.69 bits per heavy atom. The zero-order valence-corrected chi connectivity index (χ0v) is 9.48. The van der Waals surface area contributed by atoms with E-state index in [1.807, 2.05) is 19.1 Å². The third kappa shape index (κ3) is 2.02. The molecular formula is C11H11ClN2O2. The number of carboxylic acids is 1. The number of hydrogen-bond acceptors (Lipinski definition) is 2. The first-order valence-electron chi connectivity index (χ1n) is 4.92. The topological polar surface area (TPSA) is 54.6 Å². The quantitative estimate of drug-likeness (QED) is 0.894. The second kappa shape index (κ2) is 4.14. The van der Waals surface area contributed by atoms with Crippen molar-refractivity contribution in [2.75, 3.05) is 0 Å². The molecule has 4 nitrogen and oxygen atoms in total. The van der Waals surface area contributed by atoms with E-state index in [9.17, 15) is 4.79 Å². The molecule has 0 fully saturated rings. The molecule has 0 aliphatic carbocycles. The Morgan fingerprint density at radius 3 is 3.12 bits per heavy atom. The Labute approximate surface area is 97.5 Å². The highest BCUT2D eigenvalue weighted by molar-refractivity contribution is 6.29. The summed E-state index contributed by atoms with van der Waals surface area (Å²) < 4.78 is 1.75. The van der Waals surface area contributed by atoms with Crippen LogP contribution in [0.3, 0.4) is 0 Å². The summed E-state index contributed by atoms with van der Waals surface area (Å²) in [6.07, 6.45) is 3.49. The zero-order chi connectivity index (χ0) is 11.7. The summed E-state index contributed by atoms with van der Waals surface area (Å²) >= 11 is 5.90. The van der Waals surface area contributed by atoms with Crippen LogP contribution in [-0.2, 0) is 4.79 Å². The predicted molar refractivity (Wildman–Crippen MR) is 60.9 cm³/mol. The molecule has 0 saturated heterocycles. The first-order valence-corrected chi connectivity index (χ1v) is 5.30. The molecule has 2 heterocycles. The lowest BCUT2D eigenvalue weighted by Crippen LogP contribution is -2.03. The second-order valence-corrected chi connectivity index (χ2v) is 4.16. The van der Waals surface area contributed by atoms with Gasteiger partial charge in [-0.15, -0.1) is 0 Å². The molecule has 0 amide bonds. The molecular weight excluding hydrogens is 228 g/mol. The van der Waals surface area contributed by atoms with Gasteiger partial charge < -0.3 is 5.11 Å². The average Bonchev–Trinajstić information content (AvgIpc) is 2.59. The van der Waals surface area contributed by atoms with Crippen molar-refractivity contribution in [3.05, 3.63) is 35.2 Å². The molecule has 5 heteroatoms. The molecule has 2 aromatic heterocycles. The largest absolute Gasteiger partial charge is 0.481 e. The number of pyridine rings is 1. The molecule has 2 aromatic rings. The normalized spacial score (nSPS) is 12.9. The van der Waals surface area contributed by atoms with Gasteiger partial charge in [-0.25, -0.2) is 4.98 Å². The van der Waals surface area contributed by atoms with Crippen LogP contribution >= 0.6 is 11.6 Å². The van der Waals surface area contributed by atoms with Gasteiger partial charge >= 0.3 is 5.97 Å². The molecule has 1 N–H and O–H groups in total. The number of hydrogen-bond donors (Lipinski definition) is 1. The SMILES string of the molecule is CC(CC(=O)O)c1ccn2c(Cl)cnc2c1. The Kier molecular flexibility index (Phi) is 2.83. The van der Waals surface area contributed by atoms with E-state index in [0.29, 0.717) is 5.15 Å². The predicted octanol–water partition coefficient (Wildman–Crippen LogP) is 2.57. The summed E-state index contributed by atoms with van der Waals surface area (Å²) in [6.45, 7) is 1.88. The lowest BCUT2D eigenvalue weighted by Gasteiger charge is -2.09. The van der Waals surface area contributed by atoms with Gasteiger partial charge in [0, 0.05) is 6.20 Å². The standard InChI is InChI=1S/C11H11ClN2O2/c1-7(4-11(15)16)8-2-3-14-9(12)6-13-10(14)5-8/h2-3,5-7H,4H2,1H3,(H,15,16). The maximum absolute atomic E-state index is 10.6. The van der Waals surface area contributed by atoms with E-state index in [2.05, 4.69) is 4.98 Å². The number of aromatic nitrogens is 2. The Hall–Kier alpha value is -1.55. The molecule has 0 saturated carbocycles. The fourth-order valence-corrected chi connectivity index (χ4v) is 1.84. The molecule has 2 rings (SSSR count). The van der Waals surface area contributed by atoms with Crippen molar-refractivity contribution in [1.82, 2.24) is 9.38 Å². The van der Waals surface area contributed by atoms with E-state index in [-0.39, 0.29) is 12.3 Å². The smallest absolute Gasteiger partial charge is 0.303 e. The van der Waals surface area contributed by atoms with Crippen molar-refractivity contribution in [2.45, 2.75) is 19.3 Å². The first kappa shape index (κ1) is 11.0. The summed E-state index contributed by atoms with van der Waals surface area (Å²) in [5, 5.41) is 9.27. The van der Waals surface area contributed by atoms with Gasteiger partial charge in [-0.1, -0.05) is 18.5 Å². The minimum absolute atomic E-state index is 0.0297. The fourth-order valence-electron chi connectivity index (χ4n) is 1.65. The maximum Gasteiger partial charge on any atom is 0.303 e. The molecule has 0 aromatic carbocycles. The summed E-state index contributed by atoms with van der Waals surface area (Å²) in [5.41, 5.74) is 1.69. The van der Waals surface area contributed by atoms with Crippen molar-refractivity contribution in [3.63, 3.8) is 0 Å². The number of halogens is 1. The van der Waals surface area contributed by atoms with Crippen LogP contribution in [0, 0.1) is 0 Å². The van der Waals surface area contributed by atoms with Gasteiger partial charge in [-0.2, -0.15) is 0 Å². The molecule has 16 heavy (non-hydrogen) atoms. The number of aliphatic carboxylic acids is 1. The molecule has 0 aliphatic rings. The van der Waals surface area contributed by atoms with E-state index < -0.39 is 5.97 Å². The summed E-state index contributed by atoms with van der Waals surface area (Å²) in [4.78, 5) is 14.7. The van der Waals surface area contributed by atoms with E-state index >= 15 is 0 Å². The average molecular weight is 239 g/mol. The van der Waals surface area contributed by atoms with Gasteiger partial charge in [0.1, 0.15) is 10.8 Å². The van der Waals surface area contributed by atoms with Crippen LogP contribution in [0.2, 0.25) is 5.15 Å². The van der Waals surface area contributed by atoms with Crippen LogP contribution in [0.5, 0.6) is 0 Å². The van der Waals surface area contributed by atoms with E-state index in [4.69, 9.17) is 16.7 Å². The third-order valence-corrected chi connectivity index (χ3v) is 2.82. The van der Waals surface area contributed by atoms with E-state index in [1.54, 1.807) is 16.8 Å². The summed E-state index contributed by atoms with van der Waals surface area (Å²) in [6, 6.07) is 3.73. The number of imidazole rings is 1. The second-order valence-electron chi connectivity index (χ2n) is 3.77. The lowest BCUT2D eigenvalue weighted by atomic mass is 9.99. The molecule has 1 unspecified atom stereocenters. The summed E-state index contributed by atoms with van der Waals surface area (Å²) in [7, 11) is 0. The monoisotopic (exact) mass is 238 g/mol. The zero-order valence-electron chi connectivity index (χ0n) is 8.72. The highest BCUT2D eigenvalue weighted by atomic mass is 35.5. The third-order valence-electron chi connectivity index (χ3n) is 2.54. The molecule has 0 aliphatic heterocycles. The van der Waals surface area contributed by atoms with Gasteiger partial charge in [0.15, 0.2) is 0 Å². The van der Waals surface area contributed by atoms with Crippen LogP contribution in [0.25, 0.3) is 5.65 Å². The highest BCUT2D eigenvalue weighted by Crippen LogP contribution is 2.21. The molecule has 84 valence electrons. The summed E-state index contributed by atoms with van der Waals surface area (Å²) in [5.74, 6) is -0.827. The Morgan fingerprint density at radius 2 is 2.44 bits per heavy atom. The highest BCUT2D eigenvalue weighted by Gasteiger charge is 2.11. The maximum atomic E-state index is 10.6. The van der Waals surface area contributed by atoms with E-state index in [1.165, 1.54) is 0 Å². The van der Waals surface area contributed by atoms with Crippen molar-refractivity contribution < 1.29 is 9.90 Å². The van der Waals surface area contributed by atoms with Crippen molar-refractivity contribution in [2.24, 2.45) is 0 Å². The number of fused-ring (bicyclic) bond motifs is 1. The lowest BCUT2D eigenvalue weighted by molar-refractivity contribution is -0.137. The van der Waals surface area contributed by atoms with Crippen LogP contribution < -0.4 is 0 Å². The Balaban J connectivity index is 2.35. The van der Waals surface area contributed by atoms with Crippen molar-refractivity contribution in [1.29, 1.82) is 0 Å². The molecule has 1 atom stereocenters. The Bertz CT molecular complexity index is 536. The number of carbonyl (C=O) groups is 1. The van der Waals surface area contributed by atoms with Gasteiger partial charge in [0.05, 0.1) is 12.6 Å². The molecule has 0 spiro atoms. The van der Waals surface area contributed by atoms with Crippen LogP contribution in [0.1, 0.15) is 24.8 Å². The number of nitrogens with zero attached hydrogens (tertiary/aromatic N) is 2. The van der Waals surface area contributed by atoms with Crippen LogP contribution in [-0.4, -0.2) is 20.5 Å². The first-order chi connectivity index (χ1) is 7.58. The van der Waals surface area contributed by atoms with Crippen molar-refractivity contribution in [3.8, 4) is 0 Å². The van der Waals surface area contributed by atoms with Crippen LogP contribution in [0.15, 0.2) is 24.5 Å². The minimum atomic E-state index is -0.797. The van der Waals surface area contributed by atoms with Crippen LogP contribution in [0.4, 0.5) is 0 Å². The van der Waals surface area contributed by atoms with Gasteiger partial charge in [-0.3, -0.25) is 9.20 Å². The number of rotatable bonds is 3. The molecule has 0 radical (unpaired) electrons. The molecule has 0 bridgehead atoms. The fraction of sp³-hybridized carbons (Fsp3) is 0.273.